The first-order valence-electron chi connectivity index (χ1n) is 9.51. The molecule has 0 saturated carbocycles. The predicted octanol–water partition coefficient (Wildman–Crippen LogP) is 0.847. The number of hydrogen-bond acceptors (Lipinski definition) is 9. The van der Waals surface area contributed by atoms with Gasteiger partial charge in [-0.15, -0.1) is 8.80 Å². The van der Waals surface area contributed by atoms with Crippen LogP contribution < -0.4 is 16.4 Å². The quantitative estimate of drug-likeness (QED) is 0.508. The molecule has 0 bridgehead atoms. The number of furan rings is 1. The van der Waals surface area contributed by atoms with E-state index in [0.29, 0.717) is 5.76 Å². The molecule has 1 amide bonds. The fraction of sp³-hybridized carbons (Fsp3) is 0.444. The van der Waals surface area contributed by atoms with E-state index in [9.17, 15) is 18.3 Å². The zero-order valence-corrected chi connectivity index (χ0v) is 19.4. The first kappa shape index (κ1) is 23.1. The molecule has 0 radical (unpaired) electrons. The summed E-state index contributed by atoms with van der Waals surface area (Å²) in [4.78, 5) is 13.6. The van der Waals surface area contributed by atoms with Crippen LogP contribution in [0.3, 0.4) is 0 Å². The van der Waals surface area contributed by atoms with Crippen molar-refractivity contribution in [3.63, 3.8) is 0 Å². The molecule has 0 spiro atoms. The van der Waals surface area contributed by atoms with Crippen LogP contribution >= 0.6 is 0 Å². The van der Waals surface area contributed by atoms with Crippen LogP contribution in [-0.4, -0.2) is 59.9 Å². The molecule has 174 valence electrons. The second-order valence-electron chi connectivity index (χ2n) is 8.51. The minimum absolute atomic E-state index is 0.0796. The summed E-state index contributed by atoms with van der Waals surface area (Å²) in [6.07, 6.45) is 0. The van der Waals surface area contributed by atoms with E-state index in [2.05, 4.69) is 24.5 Å². The highest BCUT2D eigenvalue weighted by atomic mass is 32.2. The van der Waals surface area contributed by atoms with Crippen molar-refractivity contribution in [2.75, 3.05) is 25.1 Å². The lowest BCUT2D eigenvalue weighted by molar-refractivity contribution is 0.0814. The number of aryl methyl sites for hydroxylation is 1. The van der Waals surface area contributed by atoms with Gasteiger partial charge in [0.1, 0.15) is 5.76 Å². The highest BCUT2D eigenvalue weighted by molar-refractivity contribution is 7.89. The Kier molecular flexibility index (Phi) is 5.67. The number of anilines is 2. The van der Waals surface area contributed by atoms with Crippen molar-refractivity contribution < 1.29 is 22.7 Å². The van der Waals surface area contributed by atoms with Crippen LogP contribution in [0.4, 0.5) is 11.7 Å². The summed E-state index contributed by atoms with van der Waals surface area (Å²) in [5.41, 5.74) is 5.17. The fourth-order valence-electron chi connectivity index (χ4n) is 3.05. The average molecular weight is 467 g/mol. The Balaban J connectivity index is 1.95. The molecule has 0 aromatic carbocycles. The van der Waals surface area contributed by atoms with Crippen LogP contribution in [-0.2, 0) is 17.3 Å². The lowest BCUT2D eigenvalue weighted by Gasteiger charge is -2.30. The van der Waals surface area contributed by atoms with Gasteiger partial charge in [-0.25, -0.2) is 0 Å². The molecule has 32 heavy (non-hydrogen) atoms. The molecule has 0 aliphatic carbocycles. The molecule has 2 aromatic rings. The van der Waals surface area contributed by atoms with Gasteiger partial charge in [-0.05, 0) is 11.5 Å². The van der Waals surface area contributed by atoms with Gasteiger partial charge in [0.2, 0.25) is 0 Å². The molecule has 3 heterocycles. The first-order valence-corrected chi connectivity index (χ1v) is 10.9. The second-order valence-corrected chi connectivity index (χ2v) is 9.77. The number of nitrogens with one attached hydrogen (secondary N) is 2. The monoisotopic (exact) mass is 466 g/mol. The largest absolute Gasteiger partial charge is 0.503 e. The Bertz CT molecular complexity index is 1220. The Morgan fingerprint density at radius 2 is 1.88 bits per heavy atom. The SMILES string of the molecule is CN(C)C(=O)c1c(O)c(NC2=NS(=O)(=O)N=C2N[C@@H](c2ccc(N)o2)C(C)(C)C)nn1C. The Labute approximate surface area is 185 Å². The fourth-order valence-corrected chi connectivity index (χ4v) is 3.82. The number of carbonyl (C=O) groups is 1. The normalized spacial score (nSPS) is 16.3. The van der Waals surface area contributed by atoms with Gasteiger partial charge < -0.3 is 30.8 Å². The summed E-state index contributed by atoms with van der Waals surface area (Å²) in [6.45, 7) is 5.75. The summed E-state index contributed by atoms with van der Waals surface area (Å²) >= 11 is 0. The number of nitrogen functional groups attached to an aromatic ring is 1. The number of hydrogen-bond donors (Lipinski definition) is 4. The first-order chi connectivity index (χ1) is 14.7. The number of aromatic nitrogens is 2. The van der Waals surface area contributed by atoms with Gasteiger partial charge in [-0.3, -0.25) is 9.48 Å². The Morgan fingerprint density at radius 1 is 1.25 bits per heavy atom. The highest BCUT2D eigenvalue weighted by Crippen LogP contribution is 2.35. The number of nitrogens with two attached hydrogens (primary N) is 1. The van der Waals surface area contributed by atoms with E-state index in [1.54, 1.807) is 12.1 Å². The highest BCUT2D eigenvalue weighted by Gasteiger charge is 2.35. The van der Waals surface area contributed by atoms with Crippen molar-refractivity contribution in [3.8, 4) is 5.75 Å². The van der Waals surface area contributed by atoms with Gasteiger partial charge in [0.25, 0.3) is 5.91 Å². The molecular formula is C18H26N8O5S. The van der Waals surface area contributed by atoms with Crippen LogP contribution in [0.5, 0.6) is 5.75 Å². The topological polar surface area (TPSA) is 180 Å². The minimum atomic E-state index is -4.17. The second kappa shape index (κ2) is 7.85. The number of carbonyl (C=O) groups excluding carboxylic acids is 1. The zero-order valence-electron chi connectivity index (χ0n) is 18.5. The molecule has 2 aromatic heterocycles. The van der Waals surface area contributed by atoms with E-state index < -0.39 is 33.3 Å². The third-order valence-electron chi connectivity index (χ3n) is 4.58. The van der Waals surface area contributed by atoms with Gasteiger partial charge in [0.05, 0.1) is 6.04 Å². The average Bonchev–Trinajstić information content (AvgIpc) is 3.27. The Hall–Kier alpha value is -3.55. The molecule has 1 aliphatic heterocycles. The molecular weight excluding hydrogens is 440 g/mol. The third kappa shape index (κ3) is 4.54. The lowest BCUT2D eigenvalue weighted by atomic mass is 9.85. The molecule has 14 heteroatoms. The van der Waals surface area contributed by atoms with Crippen molar-refractivity contribution in [1.29, 1.82) is 0 Å². The summed E-state index contributed by atoms with van der Waals surface area (Å²) in [6, 6.07) is 2.74. The van der Waals surface area contributed by atoms with Crippen LogP contribution in [0, 0.1) is 5.41 Å². The van der Waals surface area contributed by atoms with E-state index in [1.165, 1.54) is 30.7 Å². The van der Waals surface area contributed by atoms with Crippen molar-refractivity contribution in [2.45, 2.75) is 26.8 Å². The van der Waals surface area contributed by atoms with E-state index in [-0.39, 0.29) is 29.1 Å². The van der Waals surface area contributed by atoms with Gasteiger partial charge in [0.15, 0.2) is 34.8 Å². The third-order valence-corrected chi connectivity index (χ3v) is 5.41. The molecule has 1 aliphatic rings. The number of aromatic hydroxyl groups is 1. The maximum absolute atomic E-state index is 12.3. The van der Waals surface area contributed by atoms with E-state index in [4.69, 9.17) is 10.2 Å². The maximum atomic E-state index is 12.3. The van der Waals surface area contributed by atoms with E-state index in [0.717, 1.165) is 0 Å². The summed E-state index contributed by atoms with van der Waals surface area (Å²) in [5.74, 6) is -0.717. The van der Waals surface area contributed by atoms with Crippen molar-refractivity contribution in [2.24, 2.45) is 21.3 Å². The van der Waals surface area contributed by atoms with E-state index >= 15 is 0 Å². The van der Waals surface area contributed by atoms with Crippen LogP contribution in [0.25, 0.3) is 0 Å². The molecule has 5 N–H and O–H groups in total. The number of nitrogens with zero attached hydrogens (tertiary/aromatic N) is 5. The number of rotatable bonds is 4. The predicted molar refractivity (Wildman–Crippen MR) is 119 cm³/mol. The number of amidine groups is 2. The molecule has 0 unspecified atom stereocenters. The molecule has 13 nitrogen and oxygen atoms in total. The molecule has 0 saturated heterocycles. The van der Waals surface area contributed by atoms with Crippen LogP contribution in [0.2, 0.25) is 0 Å². The minimum Gasteiger partial charge on any atom is -0.503 e. The van der Waals surface area contributed by atoms with Crippen molar-refractivity contribution >= 4 is 39.5 Å². The summed E-state index contributed by atoms with van der Waals surface area (Å²) in [5, 5.41) is 20.3. The molecule has 1 atom stereocenters. The summed E-state index contributed by atoms with van der Waals surface area (Å²) < 4.78 is 38.2. The van der Waals surface area contributed by atoms with Gasteiger partial charge in [-0.1, -0.05) is 20.8 Å². The smallest absolute Gasteiger partial charge is 0.367 e. The van der Waals surface area contributed by atoms with Gasteiger partial charge in [-0.2, -0.15) is 13.5 Å². The van der Waals surface area contributed by atoms with Gasteiger partial charge >= 0.3 is 10.2 Å². The summed E-state index contributed by atoms with van der Waals surface area (Å²) in [7, 11) is 0.349. The van der Waals surface area contributed by atoms with E-state index in [1.807, 2.05) is 20.8 Å². The molecule has 0 fully saturated rings. The molecule has 3 rings (SSSR count). The number of amides is 1. The lowest BCUT2D eigenvalue weighted by Crippen LogP contribution is -2.41. The Morgan fingerprint density at radius 3 is 2.41 bits per heavy atom. The zero-order chi connectivity index (χ0) is 24.0. The van der Waals surface area contributed by atoms with Crippen LogP contribution in [0.1, 0.15) is 43.1 Å². The maximum Gasteiger partial charge on any atom is 0.367 e. The van der Waals surface area contributed by atoms with Crippen molar-refractivity contribution in [3.05, 3.63) is 23.6 Å². The van der Waals surface area contributed by atoms with Gasteiger partial charge in [0, 0.05) is 27.2 Å². The van der Waals surface area contributed by atoms with Crippen molar-refractivity contribution in [1.82, 2.24) is 20.0 Å². The standard InChI is InChI=1S/C18H26N8O5S/c1-18(2,3)13(9-7-8-10(19)31-9)20-15-16(24-32(29,30)23-15)21-14-12(27)11(26(6)22-14)17(28)25(4)5/h7-8,13,27H,19H2,1-6H3,(H,20,23)(H,21,22,24)/t13-/m0/s1. The van der Waals surface area contributed by atoms with Crippen LogP contribution in [0.15, 0.2) is 25.3 Å².